The normalized spacial score (nSPS) is 12.8. The first kappa shape index (κ1) is 9.18. The molecule has 4 nitrogen and oxygen atoms in total. The standard InChI is InChI=1S/C7H10N2O2S/c8-2-5(9)4-1-6(7(10)11)12-3-4/h1,3,5H,2,8-9H2,(H,10,11). The quantitative estimate of drug-likeness (QED) is 0.637. The molecule has 0 spiro atoms. The van der Waals surface area contributed by atoms with E-state index in [-0.39, 0.29) is 6.04 Å². The summed E-state index contributed by atoms with van der Waals surface area (Å²) in [6.07, 6.45) is 0. The van der Waals surface area contributed by atoms with Crippen molar-refractivity contribution < 1.29 is 9.90 Å². The van der Waals surface area contributed by atoms with Gasteiger partial charge in [0.1, 0.15) is 4.88 Å². The van der Waals surface area contributed by atoms with Crippen LogP contribution < -0.4 is 11.5 Å². The average Bonchev–Trinajstić information content (AvgIpc) is 2.51. The summed E-state index contributed by atoms with van der Waals surface area (Å²) in [7, 11) is 0. The van der Waals surface area contributed by atoms with Crippen molar-refractivity contribution >= 4 is 17.3 Å². The summed E-state index contributed by atoms with van der Waals surface area (Å²) in [5.74, 6) is -0.921. The maximum Gasteiger partial charge on any atom is 0.345 e. The van der Waals surface area contributed by atoms with Gasteiger partial charge in [0.25, 0.3) is 0 Å². The molecule has 0 aliphatic carbocycles. The first-order chi connectivity index (χ1) is 5.65. The molecule has 1 aromatic heterocycles. The van der Waals surface area contributed by atoms with Gasteiger partial charge in [0.15, 0.2) is 0 Å². The van der Waals surface area contributed by atoms with Crippen LogP contribution in [-0.4, -0.2) is 17.6 Å². The van der Waals surface area contributed by atoms with Crippen LogP contribution in [0.4, 0.5) is 0 Å². The molecule has 1 atom stereocenters. The van der Waals surface area contributed by atoms with Gasteiger partial charge in [-0.2, -0.15) is 0 Å². The lowest BCUT2D eigenvalue weighted by atomic mass is 10.1. The molecule has 0 amide bonds. The van der Waals surface area contributed by atoms with Gasteiger partial charge >= 0.3 is 5.97 Å². The second kappa shape index (κ2) is 3.66. The minimum Gasteiger partial charge on any atom is -0.477 e. The van der Waals surface area contributed by atoms with Crippen LogP contribution in [-0.2, 0) is 0 Å². The average molecular weight is 186 g/mol. The highest BCUT2D eigenvalue weighted by Gasteiger charge is 2.10. The van der Waals surface area contributed by atoms with Gasteiger partial charge in [0.05, 0.1) is 0 Å². The fourth-order valence-corrected chi connectivity index (χ4v) is 1.60. The Labute approximate surface area is 73.8 Å². The number of carboxylic acids is 1. The Morgan fingerprint density at radius 2 is 2.42 bits per heavy atom. The zero-order valence-corrected chi connectivity index (χ0v) is 7.17. The van der Waals surface area contributed by atoms with Crippen molar-refractivity contribution in [1.29, 1.82) is 0 Å². The van der Waals surface area contributed by atoms with Gasteiger partial charge in [0, 0.05) is 12.6 Å². The van der Waals surface area contributed by atoms with Gasteiger partial charge in [-0.1, -0.05) is 0 Å². The van der Waals surface area contributed by atoms with Gasteiger partial charge in [-0.25, -0.2) is 4.79 Å². The molecular weight excluding hydrogens is 176 g/mol. The number of hydrogen-bond donors (Lipinski definition) is 3. The van der Waals surface area contributed by atoms with E-state index in [1.54, 1.807) is 11.4 Å². The Hall–Kier alpha value is -0.910. The summed E-state index contributed by atoms with van der Waals surface area (Å²) in [6, 6.07) is 1.30. The van der Waals surface area contributed by atoms with Crippen LogP contribution >= 0.6 is 11.3 Å². The fraction of sp³-hybridized carbons (Fsp3) is 0.286. The van der Waals surface area contributed by atoms with Crippen molar-refractivity contribution in [2.45, 2.75) is 6.04 Å². The molecule has 0 fully saturated rings. The smallest absolute Gasteiger partial charge is 0.345 e. The van der Waals surface area contributed by atoms with Gasteiger partial charge in [-0.05, 0) is 17.0 Å². The van der Waals surface area contributed by atoms with Gasteiger partial charge in [0.2, 0.25) is 0 Å². The van der Waals surface area contributed by atoms with Gasteiger partial charge in [-0.3, -0.25) is 0 Å². The first-order valence-corrected chi connectivity index (χ1v) is 4.30. The number of thiophene rings is 1. The van der Waals surface area contributed by atoms with E-state index in [1.165, 1.54) is 11.3 Å². The summed E-state index contributed by atoms with van der Waals surface area (Å²) in [4.78, 5) is 10.8. The Morgan fingerprint density at radius 1 is 1.75 bits per heavy atom. The molecule has 0 saturated carbocycles. The molecule has 0 saturated heterocycles. The molecule has 12 heavy (non-hydrogen) atoms. The Kier molecular flexibility index (Phi) is 2.80. The Bertz CT molecular complexity index is 285. The summed E-state index contributed by atoms with van der Waals surface area (Å²) in [6.45, 7) is 0.329. The second-order valence-corrected chi connectivity index (χ2v) is 3.30. The SMILES string of the molecule is NCC(N)c1csc(C(=O)O)c1. The molecule has 1 aromatic rings. The summed E-state index contributed by atoms with van der Waals surface area (Å²) in [5, 5.41) is 10.3. The summed E-state index contributed by atoms with van der Waals surface area (Å²) in [5.41, 5.74) is 11.7. The lowest BCUT2D eigenvalue weighted by Crippen LogP contribution is -2.19. The molecule has 0 aliphatic rings. The van der Waals surface area contributed by atoms with Crippen LogP contribution in [0.25, 0.3) is 0 Å². The maximum absolute atomic E-state index is 10.5. The molecule has 0 aromatic carbocycles. The van der Waals surface area contributed by atoms with Crippen LogP contribution in [0.1, 0.15) is 21.3 Å². The van der Waals surface area contributed by atoms with E-state index >= 15 is 0 Å². The third-order valence-corrected chi connectivity index (χ3v) is 2.45. The molecule has 1 rings (SSSR count). The maximum atomic E-state index is 10.5. The molecule has 1 heterocycles. The van der Waals surface area contributed by atoms with E-state index < -0.39 is 5.97 Å². The number of rotatable bonds is 3. The number of hydrogen-bond acceptors (Lipinski definition) is 4. The summed E-state index contributed by atoms with van der Waals surface area (Å²) < 4.78 is 0. The van der Waals surface area contributed by atoms with Crippen molar-refractivity contribution in [2.75, 3.05) is 6.54 Å². The minimum absolute atomic E-state index is 0.255. The molecule has 5 N–H and O–H groups in total. The van der Waals surface area contributed by atoms with E-state index in [0.29, 0.717) is 11.4 Å². The zero-order valence-electron chi connectivity index (χ0n) is 6.36. The highest BCUT2D eigenvalue weighted by molar-refractivity contribution is 7.12. The van der Waals surface area contributed by atoms with E-state index in [2.05, 4.69) is 0 Å². The van der Waals surface area contributed by atoms with E-state index in [4.69, 9.17) is 16.6 Å². The highest BCUT2D eigenvalue weighted by atomic mass is 32.1. The number of nitrogens with two attached hydrogens (primary N) is 2. The van der Waals surface area contributed by atoms with Crippen molar-refractivity contribution in [3.05, 3.63) is 21.9 Å². The van der Waals surface area contributed by atoms with Crippen LogP contribution in [0.15, 0.2) is 11.4 Å². The van der Waals surface area contributed by atoms with Gasteiger partial charge < -0.3 is 16.6 Å². The summed E-state index contributed by atoms with van der Waals surface area (Å²) >= 11 is 1.17. The largest absolute Gasteiger partial charge is 0.477 e. The van der Waals surface area contributed by atoms with E-state index in [0.717, 1.165) is 5.56 Å². The van der Waals surface area contributed by atoms with E-state index in [1.807, 2.05) is 0 Å². The monoisotopic (exact) mass is 186 g/mol. The van der Waals surface area contributed by atoms with Crippen molar-refractivity contribution in [3.8, 4) is 0 Å². The second-order valence-electron chi connectivity index (χ2n) is 2.39. The van der Waals surface area contributed by atoms with Crippen LogP contribution in [0.2, 0.25) is 0 Å². The lowest BCUT2D eigenvalue weighted by Gasteiger charge is -2.03. The molecule has 66 valence electrons. The van der Waals surface area contributed by atoms with Crippen LogP contribution in [0, 0.1) is 0 Å². The number of carbonyl (C=O) groups is 1. The minimum atomic E-state index is -0.921. The third kappa shape index (κ3) is 1.82. The van der Waals surface area contributed by atoms with Crippen LogP contribution in [0.3, 0.4) is 0 Å². The van der Waals surface area contributed by atoms with Crippen molar-refractivity contribution in [3.63, 3.8) is 0 Å². The van der Waals surface area contributed by atoms with Gasteiger partial charge in [-0.15, -0.1) is 11.3 Å². The topological polar surface area (TPSA) is 89.3 Å². The number of aromatic carboxylic acids is 1. The van der Waals surface area contributed by atoms with Crippen LogP contribution in [0.5, 0.6) is 0 Å². The zero-order chi connectivity index (χ0) is 9.14. The Morgan fingerprint density at radius 3 is 2.83 bits per heavy atom. The molecule has 1 unspecified atom stereocenters. The highest BCUT2D eigenvalue weighted by Crippen LogP contribution is 2.18. The molecule has 0 radical (unpaired) electrons. The van der Waals surface area contributed by atoms with Crippen molar-refractivity contribution in [1.82, 2.24) is 0 Å². The predicted octanol–water partition coefficient (Wildman–Crippen LogP) is 0.405. The van der Waals surface area contributed by atoms with E-state index in [9.17, 15) is 4.79 Å². The molecule has 0 bridgehead atoms. The Balaban J connectivity index is 2.84. The molecular formula is C7H10N2O2S. The number of carboxylic acid groups (broad SMARTS) is 1. The fourth-order valence-electron chi connectivity index (χ4n) is 0.794. The van der Waals surface area contributed by atoms with Crippen molar-refractivity contribution in [2.24, 2.45) is 11.5 Å². The predicted molar refractivity (Wildman–Crippen MR) is 47.3 cm³/mol. The first-order valence-electron chi connectivity index (χ1n) is 3.42. The lowest BCUT2D eigenvalue weighted by molar-refractivity contribution is 0.0702. The molecule has 0 aliphatic heterocycles. The molecule has 5 heteroatoms. The third-order valence-electron chi connectivity index (χ3n) is 1.51.